The summed E-state index contributed by atoms with van der Waals surface area (Å²) in [7, 11) is 0. The Kier molecular flexibility index (Phi) is 8.55. The van der Waals surface area contributed by atoms with Gasteiger partial charge in [-0.25, -0.2) is 11.7 Å². The van der Waals surface area contributed by atoms with Crippen molar-refractivity contribution in [1.82, 2.24) is 20.2 Å². The quantitative estimate of drug-likeness (QED) is 0.0618. The summed E-state index contributed by atoms with van der Waals surface area (Å²) in [4.78, 5) is 87.5. The Balaban J connectivity index is 1.65. The molecule has 2 aliphatic heterocycles. The van der Waals surface area contributed by atoms with E-state index in [0.717, 1.165) is 15.9 Å². The summed E-state index contributed by atoms with van der Waals surface area (Å²) in [5.41, 5.74) is -0.0703. The number of carbonyl (C=O) groups excluding carboxylic acids is 6. The van der Waals surface area contributed by atoms with E-state index in [1.54, 1.807) is 0 Å². The van der Waals surface area contributed by atoms with Gasteiger partial charge in [0.05, 0.1) is 0 Å². The minimum atomic E-state index is -1.60. The SMILES string of the molecule is NNC(=O)C1(N(N)C(=O)C2=CC(=O)N(CCCCCC(=O)O)C2=O)CCC(CN2C(=O)C=CC2=O)CC1. The number of nitrogens with zero attached hydrogens (tertiary/aromatic N) is 3. The lowest BCUT2D eigenvalue weighted by atomic mass is 9.75. The van der Waals surface area contributed by atoms with Crippen molar-refractivity contribution < 1.29 is 38.7 Å². The van der Waals surface area contributed by atoms with Crippen molar-refractivity contribution in [3.05, 3.63) is 23.8 Å². The van der Waals surface area contributed by atoms with Crippen LogP contribution in [-0.2, 0) is 33.6 Å². The van der Waals surface area contributed by atoms with Gasteiger partial charge in [0.15, 0.2) is 0 Å². The zero-order chi connectivity index (χ0) is 27.3. The maximum atomic E-state index is 13.2. The van der Waals surface area contributed by atoms with Crippen LogP contribution in [0.4, 0.5) is 0 Å². The minimum Gasteiger partial charge on any atom is -0.481 e. The zero-order valence-corrected chi connectivity index (χ0v) is 20.2. The average molecular weight is 519 g/mol. The molecule has 0 bridgehead atoms. The molecule has 1 fully saturated rings. The van der Waals surface area contributed by atoms with Gasteiger partial charge in [-0.1, -0.05) is 6.42 Å². The summed E-state index contributed by atoms with van der Waals surface area (Å²) in [6, 6.07) is 0. The molecular formula is C23H30N6O8. The standard InChI is InChI=1S/C23H30N6O8/c24-26-22(37)23(9-7-14(8-10-23)13-28-16(30)5-6-17(28)31)29(25)21(36)15-12-18(32)27(20(15)35)11-3-1-2-4-19(33)34/h5-6,12,14H,1-4,7-11,13,24-25H2,(H,26,37)(H,33,34). The monoisotopic (exact) mass is 518 g/mol. The maximum Gasteiger partial charge on any atom is 0.303 e. The van der Waals surface area contributed by atoms with Crippen LogP contribution in [0.15, 0.2) is 23.8 Å². The zero-order valence-electron chi connectivity index (χ0n) is 20.2. The number of carboxylic acid groups (broad SMARTS) is 1. The summed E-state index contributed by atoms with van der Waals surface area (Å²) in [6.45, 7) is 0.164. The number of imide groups is 2. The lowest BCUT2D eigenvalue weighted by molar-refractivity contribution is -0.150. The molecule has 0 aromatic carbocycles. The molecule has 3 rings (SSSR count). The number of amides is 6. The second kappa shape index (κ2) is 11.4. The summed E-state index contributed by atoms with van der Waals surface area (Å²) in [5.74, 6) is 6.27. The van der Waals surface area contributed by atoms with E-state index in [2.05, 4.69) is 0 Å². The van der Waals surface area contributed by atoms with Gasteiger partial charge < -0.3 is 5.11 Å². The number of hydrogen-bond acceptors (Lipinski definition) is 9. The number of hydrazine groups is 2. The molecule has 1 saturated carbocycles. The van der Waals surface area contributed by atoms with Gasteiger partial charge in [0.2, 0.25) is 0 Å². The van der Waals surface area contributed by atoms with E-state index in [1.165, 1.54) is 12.2 Å². The highest BCUT2D eigenvalue weighted by atomic mass is 16.4. The minimum absolute atomic E-state index is 0.00798. The molecular weight excluding hydrogens is 488 g/mol. The van der Waals surface area contributed by atoms with Gasteiger partial charge in [0, 0.05) is 37.7 Å². The van der Waals surface area contributed by atoms with Gasteiger partial charge in [-0.15, -0.1) is 0 Å². The molecule has 0 aromatic rings. The maximum absolute atomic E-state index is 13.2. The van der Waals surface area contributed by atoms with Gasteiger partial charge in [-0.3, -0.25) is 53.8 Å². The highest BCUT2D eigenvalue weighted by molar-refractivity contribution is 6.29. The molecule has 2 heterocycles. The average Bonchev–Trinajstić information content (AvgIpc) is 3.34. The van der Waals surface area contributed by atoms with Crippen LogP contribution in [-0.4, -0.2) is 80.0 Å². The summed E-state index contributed by atoms with van der Waals surface area (Å²) >= 11 is 0. The van der Waals surface area contributed by atoms with Crippen LogP contribution in [0.2, 0.25) is 0 Å². The first-order valence-corrected chi connectivity index (χ1v) is 11.9. The van der Waals surface area contributed by atoms with Crippen LogP contribution in [0.5, 0.6) is 0 Å². The van der Waals surface area contributed by atoms with Gasteiger partial charge in [0.25, 0.3) is 35.4 Å². The van der Waals surface area contributed by atoms with Crippen LogP contribution in [0, 0.1) is 5.92 Å². The number of hydrogen-bond donors (Lipinski definition) is 4. The molecule has 0 radical (unpaired) electrons. The molecule has 3 aliphatic rings. The van der Waals surface area contributed by atoms with Gasteiger partial charge in [-0.2, -0.15) is 0 Å². The van der Waals surface area contributed by atoms with E-state index in [1.807, 2.05) is 5.43 Å². The summed E-state index contributed by atoms with van der Waals surface area (Å²) in [5, 5.41) is 9.34. The Morgan fingerprint density at radius 2 is 1.62 bits per heavy atom. The van der Waals surface area contributed by atoms with Crippen molar-refractivity contribution >= 4 is 41.4 Å². The number of carbonyl (C=O) groups is 7. The number of nitrogens with one attached hydrogen (secondary N) is 1. The third-order valence-electron chi connectivity index (χ3n) is 7.02. The van der Waals surface area contributed by atoms with Crippen LogP contribution in [0.3, 0.4) is 0 Å². The highest BCUT2D eigenvalue weighted by Gasteiger charge is 2.50. The third-order valence-corrected chi connectivity index (χ3v) is 7.02. The van der Waals surface area contributed by atoms with Gasteiger partial charge in [-0.05, 0) is 44.4 Å². The molecule has 1 aliphatic carbocycles. The second-order valence-corrected chi connectivity index (χ2v) is 9.30. The van der Waals surface area contributed by atoms with Gasteiger partial charge >= 0.3 is 5.97 Å². The molecule has 37 heavy (non-hydrogen) atoms. The molecule has 0 spiro atoms. The number of nitrogens with two attached hydrogens (primary N) is 2. The Hall–Kier alpha value is -3.91. The molecule has 6 amide bonds. The molecule has 14 nitrogen and oxygen atoms in total. The molecule has 0 aromatic heterocycles. The van der Waals surface area contributed by atoms with E-state index in [-0.39, 0.29) is 38.3 Å². The Labute approximate surface area is 212 Å². The predicted molar refractivity (Wildman–Crippen MR) is 125 cm³/mol. The first kappa shape index (κ1) is 27.7. The van der Waals surface area contributed by atoms with E-state index >= 15 is 0 Å². The Morgan fingerprint density at radius 3 is 2.19 bits per heavy atom. The number of aliphatic carboxylic acids is 1. The number of unbranched alkanes of at least 4 members (excludes halogenated alkanes) is 2. The molecule has 0 atom stereocenters. The lowest BCUT2D eigenvalue weighted by Crippen LogP contribution is -2.66. The van der Waals surface area contributed by atoms with E-state index in [0.29, 0.717) is 37.1 Å². The lowest BCUT2D eigenvalue weighted by Gasteiger charge is -2.44. The fourth-order valence-electron chi connectivity index (χ4n) is 4.84. The number of rotatable bonds is 11. The first-order valence-electron chi connectivity index (χ1n) is 11.9. The van der Waals surface area contributed by atoms with Crippen molar-refractivity contribution in [3.63, 3.8) is 0 Å². The third kappa shape index (κ3) is 5.75. The van der Waals surface area contributed by atoms with Crippen molar-refractivity contribution in [2.24, 2.45) is 17.6 Å². The molecule has 14 heteroatoms. The van der Waals surface area contributed by atoms with Crippen LogP contribution in [0.25, 0.3) is 0 Å². The van der Waals surface area contributed by atoms with Crippen LogP contribution < -0.4 is 17.1 Å². The van der Waals surface area contributed by atoms with Crippen molar-refractivity contribution in [1.29, 1.82) is 0 Å². The van der Waals surface area contributed by atoms with Crippen molar-refractivity contribution in [2.45, 2.75) is 56.9 Å². The van der Waals surface area contributed by atoms with Crippen molar-refractivity contribution in [3.8, 4) is 0 Å². The number of carboxylic acids is 1. The Bertz CT molecular complexity index is 1060. The first-order chi connectivity index (χ1) is 17.5. The molecule has 6 N–H and O–H groups in total. The van der Waals surface area contributed by atoms with E-state index in [4.69, 9.17) is 16.8 Å². The van der Waals surface area contributed by atoms with Crippen molar-refractivity contribution in [2.75, 3.05) is 13.1 Å². The van der Waals surface area contributed by atoms with E-state index in [9.17, 15) is 33.6 Å². The molecule has 0 unspecified atom stereocenters. The topological polar surface area (TPSA) is 214 Å². The smallest absolute Gasteiger partial charge is 0.303 e. The van der Waals surface area contributed by atoms with E-state index < -0.39 is 52.5 Å². The van der Waals surface area contributed by atoms with Gasteiger partial charge in [0.1, 0.15) is 11.1 Å². The highest BCUT2D eigenvalue weighted by Crippen LogP contribution is 2.37. The Morgan fingerprint density at radius 1 is 1.00 bits per heavy atom. The predicted octanol–water partition coefficient (Wildman–Crippen LogP) is -1.53. The fourth-order valence-corrected chi connectivity index (χ4v) is 4.84. The molecule has 200 valence electrons. The normalized spacial score (nSPS) is 23.5. The molecule has 0 saturated heterocycles. The summed E-state index contributed by atoms with van der Waals surface area (Å²) < 4.78 is 0. The second-order valence-electron chi connectivity index (χ2n) is 9.30. The van der Waals surface area contributed by atoms with Crippen LogP contribution in [0.1, 0.15) is 51.4 Å². The fraction of sp³-hybridized carbons (Fsp3) is 0.522. The largest absolute Gasteiger partial charge is 0.481 e. The summed E-state index contributed by atoms with van der Waals surface area (Å²) in [6.07, 6.45) is 5.21. The van der Waals surface area contributed by atoms with Crippen LogP contribution >= 0.6 is 0 Å².